The minimum Gasteiger partial charge on any atom is -0.218 e. The van der Waals surface area contributed by atoms with E-state index >= 15 is 0 Å². The van der Waals surface area contributed by atoms with Crippen molar-refractivity contribution in [2.75, 3.05) is 0 Å². The maximum absolute atomic E-state index is 13.2. The molecule has 21 heavy (non-hydrogen) atoms. The van der Waals surface area contributed by atoms with Gasteiger partial charge in [-0.3, -0.25) is 0 Å². The van der Waals surface area contributed by atoms with E-state index in [0.29, 0.717) is 5.56 Å². The van der Waals surface area contributed by atoms with Crippen molar-refractivity contribution in [1.29, 1.82) is 5.26 Å². The molecule has 3 nitrogen and oxygen atoms in total. The van der Waals surface area contributed by atoms with Crippen molar-refractivity contribution >= 4 is 31.8 Å². The number of sulfone groups is 1. The van der Waals surface area contributed by atoms with Gasteiger partial charge in [-0.05, 0) is 51.8 Å². The third-order valence-electron chi connectivity index (χ3n) is 2.69. The summed E-state index contributed by atoms with van der Waals surface area (Å²) >= 11 is 3.02. The molecule has 0 spiro atoms. The fourth-order valence-corrected chi connectivity index (χ4v) is 3.23. The molecule has 0 N–H and O–H groups in total. The lowest BCUT2D eigenvalue weighted by molar-refractivity contribution is 0.603. The molecule has 0 saturated carbocycles. The molecule has 2 aromatic carbocycles. The number of nitrogens with zero attached hydrogens (tertiary/aromatic N) is 1. The average Bonchev–Trinajstić information content (AvgIpc) is 2.49. The van der Waals surface area contributed by atoms with Crippen LogP contribution in [0.3, 0.4) is 0 Å². The number of nitriles is 1. The van der Waals surface area contributed by atoms with Gasteiger partial charge in [0.2, 0.25) is 9.84 Å². The second kappa shape index (κ2) is 6.20. The van der Waals surface area contributed by atoms with Gasteiger partial charge in [0.1, 0.15) is 16.8 Å². The molecular formula is C15H9BrFNO2S. The van der Waals surface area contributed by atoms with E-state index in [9.17, 15) is 12.8 Å². The molecule has 0 aromatic heterocycles. The van der Waals surface area contributed by atoms with Crippen LogP contribution in [-0.4, -0.2) is 8.42 Å². The van der Waals surface area contributed by atoms with Gasteiger partial charge in [-0.1, -0.05) is 24.3 Å². The van der Waals surface area contributed by atoms with Gasteiger partial charge in [0.05, 0.1) is 9.37 Å². The molecule has 0 fully saturated rings. The Balaban J connectivity index is 2.51. The fourth-order valence-electron chi connectivity index (χ4n) is 1.65. The fraction of sp³-hybridized carbons (Fsp3) is 0. The highest BCUT2D eigenvalue weighted by atomic mass is 79.9. The Bertz CT molecular complexity index is 840. The number of benzene rings is 2. The predicted molar refractivity (Wildman–Crippen MR) is 81.3 cm³/mol. The molecule has 0 aliphatic heterocycles. The van der Waals surface area contributed by atoms with E-state index in [1.165, 1.54) is 36.4 Å². The summed E-state index contributed by atoms with van der Waals surface area (Å²) in [6.07, 6.45) is 1.21. The predicted octanol–water partition coefficient (Wildman–Crippen LogP) is 3.93. The summed E-state index contributed by atoms with van der Waals surface area (Å²) in [5, 5.41) is 9.12. The van der Waals surface area contributed by atoms with Crippen LogP contribution in [0.25, 0.3) is 6.08 Å². The quantitative estimate of drug-likeness (QED) is 0.774. The van der Waals surface area contributed by atoms with E-state index < -0.39 is 20.6 Å². The van der Waals surface area contributed by atoms with Gasteiger partial charge in [-0.25, -0.2) is 12.8 Å². The minimum atomic E-state index is -3.88. The Morgan fingerprint density at radius 3 is 2.43 bits per heavy atom. The van der Waals surface area contributed by atoms with Crippen LogP contribution >= 0.6 is 15.9 Å². The number of hydrogen-bond donors (Lipinski definition) is 0. The lowest BCUT2D eigenvalue weighted by atomic mass is 10.2. The van der Waals surface area contributed by atoms with Gasteiger partial charge < -0.3 is 0 Å². The molecule has 6 heteroatoms. The van der Waals surface area contributed by atoms with Crippen molar-refractivity contribution in [2.24, 2.45) is 0 Å². The Morgan fingerprint density at radius 1 is 1.19 bits per heavy atom. The second-order valence-corrected chi connectivity index (χ2v) is 6.88. The van der Waals surface area contributed by atoms with Crippen molar-refractivity contribution in [1.82, 2.24) is 0 Å². The molecular weight excluding hydrogens is 357 g/mol. The molecule has 106 valence electrons. The molecule has 0 bridgehead atoms. The van der Waals surface area contributed by atoms with E-state index in [1.54, 1.807) is 24.3 Å². The SMILES string of the molecule is N#C/C(=C\c1ccc(F)c(Br)c1)S(=O)(=O)c1ccccc1. The molecule has 0 saturated heterocycles. The van der Waals surface area contributed by atoms with Gasteiger partial charge in [0.15, 0.2) is 0 Å². The van der Waals surface area contributed by atoms with Gasteiger partial charge in [0.25, 0.3) is 0 Å². The average molecular weight is 366 g/mol. The van der Waals surface area contributed by atoms with E-state index in [4.69, 9.17) is 5.26 Å². The van der Waals surface area contributed by atoms with Crippen molar-refractivity contribution < 1.29 is 12.8 Å². The molecule has 0 radical (unpaired) electrons. The standard InChI is InChI=1S/C15H9BrFNO2S/c16-14-9-11(6-7-15(14)17)8-13(10-18)21(19,20)12-4-2-1-3-5-12/h1-9H/b13-8+. The van der Waals surface area contributed by atoms with Gasteiger partial charge >= 0.3 is 0 Å². The van der Waals surface area contributed by atoms with Crippen LogP contribution in [0, 0.1) is 17.1 Å². The highest BCUT2D eigenvalue weighted by molar-refractivity contribution is 9.10. The van der Waals surface area contributed by atoms with E-state index in [-0.39, 0.29) is 9.37 Å². The van der Waals surface area contributed by atoms with Crippen LogP contribution in [0.5, 0.6) is 0 Å². The normalized spacial score (nSPS) is 12.0. The Labute approximate surface area is 130 Å². The van der Waals surface area contributed by atoms with Crippen molar-refractivity contribution in [3.63, 3.8) is 0 Å². The molecule has 0 amide bonds. The number of halogens is 2. The van der Waals surface area contributed by atoms with E-state index in [0.717, 1.165) is 0 Å². The van der Waals surface area contributed by atoms with Gasteiger partial charge in [-0.15, -0.1) is 0 Å². The van der Waals surface area contributed by atoms with Gasteiger partial charge in [-0.2, -0.15) is 5.26 Å². The first kappa shape index (κ1) is 15.4. The summed E-state index contributed by atoms with van der Waals surface area (Å²) in [4.78, 5) is -0.355. The lowest BCUT2D eigenvalue weighted by Gasteiger charge is -2.03. The molecule has 2 rings (SSSR count). The van der Waals surface area contributed by atoms with Crippen molar-refractivity contribution in [3.05, 3.63) is 69.3 Å². The zero-order valence-electron chi connectivity index (χ0n) is 10.6. The maximum Gasteiger partial charge on any atom is 0.216 e. The van der Waals surface area contributed by atoms with E-state index in [2.05, 4.69) is 15.9 Å². The Morgan fingerprint density at radius 2 is 1.86 bits per heavy atom. The zero-order valence-corrected chi connectivity index (χ0v) is 13.0. The van der Waals surface area contributed by atoms with Crippen molar-refractivity contribution in [2.45, 2.75) is 4.90 Å². The van der Waals surface area contributed by atoms with Crippen LogP contribution in [-0.2, 0) is 9.84 Å². The Hall–Kier alpha value is -1.97. The summed E-state index contributed by atoms with van der Waals surface area (Å²) in [6, 6.07) is 13.4. The largest absolute Gasteiger partial charge is 0.218 e. The molecule has 0 heterocycles. The topological polar surface area (TPSA) is 57.9 Å². The van der Waals surface area contributed by atoms with Gasteiger partial charge in [0, 0.05) is 0 Å². The smallest absolute Gasteiger partial charge is 0.216 e. The third kappa shape index (κ3) is 3.38. The van der Waals surface area contributed by atoms with Crippen LogP contribution in [0.4, 0.5) is 4.39 Å². The molecule has 0 unspecified atom stereocenters. The lowest BCUT2D eigenvalue weighted by Crippen LogP contribution is -2.03. The summed E-state index contributed by atoms with van der Waals surface area (Å²) in [7, 11) is -3.88. The molecule has 0 aliphatic rings. The summed E-state index contributed by atoms with van der Waals surface area (Å²) in [6.45, 7) is 0. The molecule has 0 aliphatic carbocycles. The second-order valence-electron chi connectivity index (χ2n) is 4.11. The first-order chi connectivity index (χ1) is 9.95. The summed E-state index contributed by atoms with van der Waals surface area (Å²) in [5.74, 6) is -0.462. The molecule has 2 aromatic rings. The zero-order chi connectivity index (χ0) is 15.5. The van der Waals surface area contributed by atoms with Crippen LogP contribution < -0.4 is 0 Å². The monoisotopic (exact) mass is 365 g/mol. The highest BCUT2D eigenvalue weighted by Gasteiger charge is 2.20. The first-order valence-electron chi connectivity index (χ1n) is 5.82. The summed E-state index contributed by atoms with van der Waals surface area (Å²) < 4.78 is 38.1. The minimum absolute atomic E-state index is 0.0407. The third-order valence-corrected chi connectivity index (χ3v) is 4.98. The maximum atomic E-state index is 13.2. The van der Waals surface area contributed by atoms with Crippen molar-refractivity contribution in [3.8, 4) is 6.07 Å². The molecule has 0 atom stereocenters. The van der Waals surface area contributed by atoms with E-state index in [1.807, 2.05) is 0 Å². The van der Waals surface area contributed by atoms with Crippen LogP contribution in [0.1, 0.15) is 5.56 Å². The Kier molecular flexibility index (Phi) is 4.56. The highest BCUT2D eigenvalue weighted by Crippen LogP contribution is 2.23. The number of hydrogen-bond acceptors (Lipinski definition) is 3. The van der Waals surface area contributed by atoms with Crippen LogP contribution in [0.15, 0.2) is 62.8 Å². The number of allylic oxidation sites excluding steroid dienone is 1. The first-order valence-corrected chi connectivity index (χ1v) is 8.10. The summed E-state index contributed by atoms with van der Waals surface area (Å²) in [5.41, 5.74) is 0.416. The van der Waals surface area contributed by atoms with Crippen LogP contribution in [0.2, 0.25) is 0 Å². The number of rotatable bonds is 3.